The molecule has 1 heteroatoms. The smallest absolute Gasteiger partial charge is 0.119 e. The van der Waals surface area contributed by atoms with E-state index >= 15 is 0 Å². The second-order valence-electron chi connectivity index (χ2n) is 4.31. The molecule has 0 spiro atoms. The molecule has 82 valence electrons. The predicted octanol–water partition coefficient (Wildman–Crippen LogP) is 4.00. The van der Waals surface area contributed by atoms with Crippen molar-refractivity contribution in [1.29, 1.82) is 0 Å². The highest BCUT2D eigenvalue weighted by atomic mass is 16.5. The third-order valence-electron chi connectivity index (χ3n) is 2.74. The van der Waals surface area contributed by atoms with Crippen LogP contribution in [0, 0.1) is 11.8 Å². The second kappa shape index (κ2) is 5.59. The van der Waals surface area contributed by atoms with Gasteiger partial charge in [-0.25, -0.2) is 0 Å². The maximum absolute atomic E-state index is 5.72. The van der Waals surface area contributed by atoms with Gasteiger partial charge in [0.15, 0.2) is 0 Å². The Bertz CT molecular complexity index is 315. The first-order valence-electron chi connectivity index (χ1n) is 5.48. The Kier molecular flexibility index (Phi) is 4.41. The van der Waals surface area contributed by atoms with Gasteiger partial charge in [-0.2, -0.15) is 0 Å². The van der Waals surface area contributed by atoms with E-state index in [1.807, 2.05) is 30.3 Å². The molecule has 1 unspecified atom stereocenters. The van der Waals surface area contributed by atoms with Crippen LogP contribution in [-0.4, -0.2) is 6.61 Å². The molecule has 1 rings (SSSR count). The largest absolute Gasteiger partial charge is 0.493 e. The van der Waals surface area contributed by atoms with Gasteiger partial charge in [-0.05, 0) is 29.5 Å². The molecule has 0 heterocycles. The Morgan fingerprint density at radius 3 is 2.67 bits per heavy atom. The van der Waals surface area contributed by atoms with Gasteiger partial charge in [-0.3, -0.25) is 0 Å². The van der Waals surface area contributed by atoms with Gasteiger partial charge in [-0.1, -0.05) is 45.6 Å². The Morgan fingerprint density at radius 2 is 2.07 bits per heavy atom. The van der Waals surface area contributed by atoms with E-state index in [-0.39, 0.29) is 0 Å². The van der Waals surface area contributed by atoms with Crippen LogP contribution in [-0.2, 0) is 0 Å². The summed E-state index contributed by atoms with van der Waals surface area (Å²) in [5, 5.41) is 0. The zero-order chi connectivity index (χ0) is 11.3. The van der Waals surface area contributed by atoms with Crippen LogP contribution in [0.5, 0.6) is 5.75 Å². The zero-order valence-electron chi connectivity index (χ0n) is 9.86. The molecule has 0 amide bonds. The number of hydrogen-bond acceptors (Lipinski definition) is 1. The van der Waals surface area contributed by atoms with Crippen molar-refractivity contribution in [3.8, 4) is 5.75 Å². The highest BCUT2D eigenvalue weighted by Gasteiger charge is 2.07. The van der Waals surface area contributed by atoms with Gasteiger partial charge >= 0.3 is 0 Å². The molecule has 1 aromatic carbocycles. The fraction of sp³-hybridized carbons (Fsp3) is 0.429. The molecule has 1 aromatic rings. The van der Waals surface area contributed by atoms with Crippen molar-refractivity contribution in [2.24, 2.45) is 11.8 Å². The van der Waals surface area contributed by atoms with Crippen molar-refractivity contribution in [3.05, 3.63) is 36.4 Å². The summed E-state index contributed by atoms with van der Waals surface area (Å²) in [5.74, 6) is 2.17. The molecule has 0 aromatic heterocycles. The van der Waals surface area contributed by atoms with Crippen LogP contribution in [0.4, 0.5) is 0 Å². The van der Waals surface area contributed by atoms with Crippen molar-refractivity contribution in [1.82, 2.24) is 0 Å². The molecule has 1 nitrogen and oxygen atoms in total. The summed E-state index contributed by atoms with van der Waals surface area (Å²) in [6.07, 6.45) is 1.83. The van der Waals surface area contributed by atoms with E-state index in [9.17, 15) is 0 Å². The lowest BCUT2D eigenvalue weighted by Crippen LogP contribution is -2.14. The molecule has 0 radical (unpaired) electrons. The van der Waals surface area contributed by atoms with Crippen LogP contribution in [0.15, 0.2) is 30.8 Å². The summed E-state index contributed by atoms with van der Waals surface area (Å²) in [7, 11) is 0. The molecule has 0 aliphatic rings. The van der Waals surface area contributed by atoms with Gasteiger partial charge in [0.05, 0.1) is 6.61 Å². The lowest BCUT2D eigenvalue weighted by atomic mass is 9.99. The average molecular weight is 204 g/mol. The summed E-state index contributed by atoms with van der Waals surface area (Å²) in [6.45, 7) is 11.2. The molecule has 0 fully saturated rings. The molecule has 0 aliphatic carbocycles. The van der Waals surface area contributed by atoms with Crippen LogP contribution in [0.1, 0.15) is 26.3 Å². The zero-order valence-corrected chi connectivity index (χ0v) is 9.86. The highest BCUT2D eigenvalue weighted by Crippen LogP contribution is 2.17. The Hall–Kier alpha value is -1.24. The monoisotopic (exact) mass is 204 g/mol. The minimum Gasteiger partial charge on any atom is -0.493 e. The molecule has 0 saturated carbocycles. The summed E-state index contributed by atoms with van der Waals surface area (Å²) in [5.41, 5.74) is 1.10. The van der Waals surface area contributed by atoms with Gasteiger partial charge in [0.1, 0.15) is 5.75 Å². The number of ether oxygens (including phenoxy) is 1. The minimum atomic E-state index is 0.581. The second-order valence-corrected chi connectivity index (χ2v) is 4.31. The SMILES string of the molecule is C=Cc1cccc(OCC(C)C(C)C)c1. The number of hydrogen-bond donors (Lipinski definition) is 0. The van der Waals surface area contributed by atoms with Crippen molar-refractivity contribution < 1.29 is 4.74 Å². The average Bonchev–Trinajstić information content (AvgIpc) is 2.26. The van der Waals surface area contributed by atoms with Crippen LogP contribution >= 0.6 is 0 Å². The topological polar surface area (TPSA) is 9.23 Å². The van der Waals surface area contributed by atoms with Crippen LogP contribution in [0.3, 0.4) is 0 Å². The Morgan fingerprint density at radius 1 is 1.33 bits per heavy atom. The maximum Gasteiger partial charge on any atom is 0.119 e. The third kappa shape index (κ3) is 3.78. The van der Waals surface area contributed by atoms with E-state index in [2.05, 4.69) is 27.4 Å². The van der Waals surface area contributed by atoms with Gasteiger partial charge in [0, 0.05) is 0 Å². The molecule has 0 bridgehead atoms. The van der Waals surface area contributed by atoms with E-state index in [1.165, 1.54) is 0 Å². The van der Waals surface area contributed by atoms with Gasteiger partial charge in [-0.15, -0.1) is 0 Å². The summed E-state index contributed by atoms with van der Waals surface area (Å²) in [6, 6.07) is 8.01. The Balaban J connectivity index is 2.53. The van der Waals surface area contributed by atoms with E-state index < -0.39 is 0 Å². The van der Waals surface area contributed by atoms with Crippen LogP contribution in [0.25, 0.3) is 6.08 Å². The van der Waals surface area contributed by atoms with Crippen LogP contribution < -0.4 is 4.74 Å². The van der Waals surface area contributed by atoms with Gasteiger partial charge < -0.3 is 4.74 Å². The first-order valence-corrected chi connectivity index (χ1v) is 5.48. The number of rotatable bonds is 5. The van der Waals surface area contributed by atoms with Crippen molar-refractivity contribution in [2.45, 2.75) is 20.8 Å². The molecule has 0 N–H and O–H groups in total. The Labute approximate surface area is 92.8 Å². The first-order chi connectivity index (χ1) is 7.13. The van der Waals surface area contributed by atoms with Crippen molar-refractivity contribution in [3.63, 3.8) is 0 Å². The van der Waals surface area contributed by atoms with Crippen molar-refractivity contribution >= 4 is 6.08 Å². The standard InChI is InChI=1S/C14H20O/c1-5-13-7-6-8-14(9-13)15-10-12(4)11(2)3/h5-9,11-12H,1,10H2,2-4H3. The van der Waals surface area contributed by atoms with Gasteiger partial charge in [0.2, 0.25) is 0 Å². The summed E-state index contributed by atoms with van der Waals surface area (Å²) in [4.78, 5) is 0. The summed E-state index contributed by atoms with van der Waals surface area (Å²) >= 11 is 0. The van der Waals surface area contributed by atoms with Crippen LogP contribution in [0.2, 0.25) is 0 Å². The van der Waals surface area contributed by atoms with E-state index in [0.29, 0.717) is 11.8 Å². The maximum atomic E-state index is 5.72. The third-order valence-corrected chi connectivity index (χ3v) is 2.74. The lowest BCUT2D eigenvalue weighted by molar-refractivity contribution is 0.223. The fourth-order valence-corrected chi connectivity index (χ4v) is 1.15. The fourth-order valence-electron chi connectivity index (χ4n) is 1.15. The lowest BCUT2D eigenvalue weighted by Gasteiger charge is -2.16. The van der Waals surface area contributed by atoms with E-state index in [4.69, 9.17) is 4.74 Å². The van der Waals surface area contributed by atoms with E-state index in [1.54, 1.807) is 0 Å². The van der Waals surface area contributed by atoms with E-state index in [0.717, 1.165) is 17.9 Å². The molecular formula is C14H20O. The molecular weight excluding hydrogens is 184 g/mol. The predicted molar refractivity (Wildman–Crippen MR) is 66.0 cm³/mol. The molecule has 0 saturated heterocycles. The molecule has 1 atom stereocenters. The van der Waals surface area contributed by atoms with Gasteiger partial charge in [0.25, 0.3) is 0 Å². The van der Waals surface area contributed by atoms with Crippen molar-refractivity contribution in [2.75, 3.05) is 6.61 Å². The highest BCUT2D eigenvalue weighted by molar-refractivity contribution is 5.49. The minimum absolute atomic E-state index is 0.581. The summed E-state index contributed by atoms with van der Waals surface area (Å²) < 4.78 is 5.72. The normalized spacial score (nSPS) is 12.5. The molecule has 15 heavy (non-hydrogen) atoms. The molecule has 0 aliphatic heterocycles. The quantitative estimate of drug-likeness (QED) is 0.704. The number of benzene rings is 1. The first kappa shape index (κ1) is 11.8.